The van der Waals surface area contributed by atoms with Crippen molar-refractivity contribution in [1.82, 2.24) is 5.32 Å². The van der Waals surface area contributed by atoms with Crippen LogP contribution in [0.2, 0.25) is 0 Å². The predicted molar refractivity (Wildman–Crippen MR) is 76.2 cm³/mol. The third-order valence-corrected chi connectivity index (χ3v) is 2.81. The van der Waals surface area contributed by atoms with Gasteiger partial charge in [0.1, 0.15) is 18.4 Å². The molecule has 0 saturated heterocycles. The van der Waals surface area contributed by atoms with Crippen molar-refractivity contribution in [2.24, 2.45) is 0 Å². The van der Waals surface area contributed by atoms with Gasteiger partial charge in [-0.05, 0) is 31.5 Å². The van der Waals surface area contributed by atoms with E-state index in [0.717, 1.165) is 5.56 Å². The smallest absolute Gasteiger partial charge is 0.246 e. The summed E-state index contributed by atoms with van der Waals surface area (Å²) in [7, 11) is 0. The van der Waals surface area contributed by atoms with E-state index in [1.54, 1.807) is 6.26 Å². The number of nitrogens with one attached hydrogen (secondary N) is 1. The third-order valence-electron chi connectivity index (χ3n) is 2.81. The third kappa shape index (κ3) is 3.96. The quantitative estimate of drug-likeness (QED) is 0.880. The van der Waals surface area contributed by atoms with Gasteiger partial charge in [0.25, 0.3) is 0 Å². The summed E-state index contributed by atoms with van der Waals surface area (Å²) in [5.74, 6) is 0.540. The lowest BCUT2D eigenvalue weighted by Gasteiger charge is -2.17. The number of furan rings is 1. The van der Waals surface area contributed by atoms with Gasteiger partial charge >= 0.3 is 0 Å². The van der Waals surface area contributed by atoms with E-state index in [2.05, 4.69) is 5.32 Å². The molecule has 2 aromatic rings. The highest BCUT2D eigenvalue weighted by Gasteiger charge is 2.19. The molecule has 0 bridgehead atoms. The topological polar surface area (TPSA) is 51.5 Å². The highest BCUT2D eigenvalue weighted by molar-refractivity contribution is 5.78. The Morgan fingerprint density at radius 2 is 1.95 bits per heavy atom. The number of hydrogen-bond acceptors (Lipinski definition) is 3. The molecule has 4 nitrogen and oxygen atoms in total. The monoisotopic (exact) mass is 273 g/mol. The molecule has 1 unspecified atom stereocenters. The van der Waals surface area contributed by atoms with Gasteiger partial charge in [-0.15, -0.1) is 0 Å². The molecule has 1 atom stereocenters. The molecule has 1 aromatic heterocycles. The minimum Gasteiger partial charge on any atom is -0.467 e. The molecular weight excluding hydrogens is 254 g/mol. The molecule has 0 aliphatic carbocycles. The van der Waals surface area contributed by atoms with Crippen LogP contribution in [-0.4, -0.2) is 18.6 Å². The van der Waals surface area contributed by atoms with Crippen LogP contribution >= 0.6 is 0 Å². The van der Waals surface area contributed by atoms with Crippen LogP contribution in [-0.2, 0) is 9.53 Å². The summed E-state index contributed by atoms with van der Waals surface area (Å²) in [6, 6.07) is 13.1. The first-order chi connectivity index (χ1) is 9.66. The van der Waals surface area contributed by atoms with Crippen LogP contribution in [0.25, 0.3) is 0 Å². The number of carbonyl (C=O) groups excluding carboxylic acids is 1. The van der Waals surface area contributed by atoms with E-state index in [1.807, 2.05) is 56.3 Å². The normalized spacial score (nSPS) is 12.3. The maximum atomic E-state index is 11.9. The summed E-state index contributed by atoms with van der Waals surface area (Å²) >= 11 is 0. The summed E-state index contributed by atoms with van der Waals surface area (Å²) in [6.07, 6.45) is 1.63. The average Bonchev–Trinajstić information content (AvgIpc) is 2.97. The van der Waals surface area contributed by atoms with Crippen LogP contribution in [0.4, 0.5) is 0 Å². The van der Waals surface area contributed by atoms with Gasteiger partial charge in [0.05, 0.1) is 12.4 Å². The molecule has 4 heteroatoms. The number of amides is 1. The lowest BCUT2D eigenvalue weighted by atomic mass is 10.0. The van der Waals surface area contributed by atoms with Crippen molar-refractivity contribution < 1.29 is 13.9 Å². The van der Waals surface area contributed by atoms with Gasteiger partial charge in [0.2, 0.25) is 5.91 Å². The molecule has 1 amide bonds. The Hall–Kier alpha value is -2.07. The number of rotatable bonds is 6. The molecule has 20 heavy (non-hydrogen) atoms. The number of ether oxygens (including phenoxy) is 1. The van der Waals surface area contributed by atoms with Crippen LogP contribution in [0.15, 0.2) is 53.1 Å². The molecular formula is C16H19NO3. The molecule has 1 N–H and O–H groups in total. The van der Waals surface area contributed by atoms with Crippen LogP contribution in [0.3, 0.4) is 0 Å². The molecule has 0 saturated carbocycles. The van der Waals surface area contributed by atoms with Crippen molar-refractivity contribution in [3.63, 3.8) is 0 Å². The van der Waals surface area contributed by atoms with Crippen molar-refractivity contribution in [3.8, 4) is 0 Å². The number of benzene rings is 1. The van der Waals surface area contributed by atoms with E-state index in [4.69, 9.17) is 9.15 Å². The summed E-state index contributed by atoms with van der Waals surface area (Å²) in [4.78, 5) is 11.9. The van der Waals surface area contributed by atoms with Crippen LogP contribution in [0.5, 0.6) is 0 Å². The zero-order valence-electron chi connectivity index (χ0n) is 11.7. The molecule has 2 rings (SSSR count). The fourth-order valence-corrected chi connectivity index (χ4v) is 1.86. The standard InChI is InChI=1S/C16H19NO3/c1-12(2)20-11-15(18)17-16(14-9-6-10-19-14)13-7-4-3-5-8-13/h3-10,12,16H,11H2,1-2H3,(H,17,18). The highest BCUT2D eigenvalue weighted by Crippen LogP contribution is 2.22. The van der Waals surface area contributed by atoms with Gasteiger partial charge in [0, 0.05) is 0 Å². The first kappa shape index (κ1) is 14.3. The van der Waals surface area contributed by atoms with Gasteiger partial charge in [-0.2, -0.15) is 0 Å². The Morgan fingerprint density at radius 1 is 1.20 bits per heavy atom. The predicted octanol–water partition coefficient (Wildman–Crippen LogP) is 2.91. The molecule has 0 fully saturated rings. The summed E-state index contributed by atoms with van der Waals surface area (Å²) in [6.45, 7) is 3.84. The van der Waals surface area contributed by atoms with E-state index in [9.17, 15) is 4.79 Å². The molecule has 1 aromatic carbocycles. The van der Waals surface area contributed by atoms with Crippen molar-refractivity contribution >= 4 is 5.91 Å². The van der Waals surface area contributed by atoms with E-state index in [1.165, 1.54) is 0 Å². The molecule has 0 aliphatic heterocycles. The van der Waals surface area contributed by atoms with E-state index >= 15 is 0 Å². The van der Waals surface area contributed by atoms with Gasteiger partial charge in [-0.25, -0.2) is 0 Å². The first-order valence-corrected chi connectivity index (χ1v) is 6.66. The summed E-state index contributed by atoms with van der Waals surface area (Å²) < 4.78 is 10.7. The van der Waals surface area contributed by atoms with E-state index in [0.29, 0.717) is 5.76 Å². The Bertz CT molecular complexity index is 520. The average molecular weight is 273 g/mol. The molecule has 0 aliphatic rings. The van der Waals surface area contributed by atoms with Crippen molar-refractivity contribution in [2.75, 3.05) is 6.61 Å². The van der Waals surface area contributed by atoms with Crippen molar-refractivity contribution in [1.29, 1.82) is 0 Å². The summed E-state index contributed by atoms with van der Waals surface area (Å²) in [5.41, 5.74) is 0.973. The fourth-order valence-electron chi connectivity index (χ4n) is 1.86. The second-order valence-corrected chi connectivity index (χ2v) is 4.79. The zero-order valence-corrected chi connectivity index (χ0v) is 11.7. The minimum atomic E-state index is -0.297. The minimum absolute atomic E-state index is 0.0274. The Balaban J connectivity index is 2.10. The number of carbonyl (C=O) groups is 1. The van der Waals surface area contributed by atoms with Crippen LogP contribution in [0, 0.1) is 0 Å². The molecule has 0 radical (unpaired) electrons. The maximum absolute atomic E-state index is 11.9. The largest absolute Gasteiger partial charge is 0.467 e. The number of hydrogen-bond donors (Lipinski definition) is 1. The lowest BCUT2D eigenvalue weighted by molar-refractivity contribution is -0.127. The van der Waals surface area contributed by atoms with Gasteiger partial charge < -0.3 is 14.5 Å². The molecule has 106 valence electrons. The zero-order chi connectivity index (χ0) is 14.4. The second kappa shape index (κ2) is 6.91. The second-order valence-electron chi connectivity index (χ2n) is 4.79. The highest BCUT2D eigenvalue weighted by atomic mass is 16.5. The van der Waals surface area contributed by atoms with Gasteiger partial charge in [0.15, 0.2) is 0 Å². The molecule has 1 heterocycles. The Labute approximate surface area is 118 Å². The van der Waals surface area contributed by atoms with Crippen molar-refractivity contribution in [2.45, 2.75) is 26.0 Å². The fraction of sp³-hybridized carbons (Fsp3) is 0.312. The van der Waals surface area contributed by atoms with Crippen LogP contribution in [0.1, 0.15) is 31.2 Å². The SMILES string of the molecule is CC(C)OCC(=O)NC(c1ccccc1)c1ccco1. The van der Waals surface area contributed by atoms with E-state index < -0.39 is 0 Å². The van der Waals surface area contributed by atoms with Gasteiger partial charge in [-0.1, -0.05) is 30.3 Å². The van der Waals surface area contributed by atoms with Gasteiger partial charge in [-0.3, -0.25) is 4.79 Å². The van der Waals surface area contributed by atoms with Crippen molar-refractivity contribution in [3.05, 3.63) is 60.1 Å². The van der Waals surface area contributed by atoms with E-state index in [-0.39, 0.29) is 24.7 Å². The first-order valence-electron chi connectivity index (χ1n) is 6.66. The maximum Gasteiger partial charge on any atom is 0.246 e. The molecule has 0 spiro atoms. The lowest BCUT2D eigenvalue weighted by Crippen LogP contribution is -2.32. The Morgan fingerprint density at radius 3 is 2.55 bits per heavy atom. The van der Waals surface area contributed by atoms with Crippen LogP contribution < -0.4 is 5.32 Å². The Kier molecular flexibility index (Phi) is 4.96. The summed E-state index contributed by atoms with van der Waals surface area (Å²) in [5, 5.41) is 2.93.